The molecule has 3 N–H and O–H groups in total. The number of hydrogen-bond acceptors (Lipinski definition) is 5. The van der Waals surface area contributed by atoms with E-state index in [-0.39, 0.29) is 16.4 Å². The van der Waals surface area contributed by atoms with Crippen LogP contribution < -0.4 is 15.6 Å². The number of rotatable bonds is 4. The first-order chi connectivity index (χ1) is 9.46. The largest absolute Gasteiger partial charge is 0.307 e. The van der Waals surface area contributed by atoms with Gasteiger partial charge in [-0.05, 0) is 30.3 Å². The van der Waals surface area contributed by atoms with Crippen molar-refractivity contribution < 1.29 is 12.8 Å². The van der Waals surface area contributed by atoms with E-state index in [0.29, 0.717) is 0 Å². The number of hydrazine groups is 1. The van der Waals surface area contributed by atoms with Gasteiger partial charge in [-0.3, -0.25) is 4.31 Å². The number of sulfonamides is 1. The molecular formula is C12H13FN4O2S. The Morgan fingerprint density at radius 1 is 1.30 bits per heavy atom. The third kappa shape index (κ3) is 2.56. The molecule has 0 saturated heterocycles. The summed E-state index contributed by atoms with van der Waals surface area (Å²) >= 11 is 0. The fourth-order valence-corrected chi connectivity index (χ4v) is 2.96. The van der Waals surface area contributed by atoms with E-state index in [1.54, 1.807) is 0 Å². The number of hydrogen-bond donors (Lipinski definition) is 2. The highest BCUT2D eigenvalue weighted by molar-refractivity contribution is 7.93. The van der Waals surface area contributed by atoms with Crippen LogP contribution in [0.3, 0.4) is 0 Å². The average Bonchev–Trinajstić information content (AvgIpc) is 2.46. The zero-order valence-corrected chi connectivity index (χ0v) is 11.4. The lowest BCUT2D eigenvalue weighted by atomic mass is 10.3. The Labute approximate surface area is 116 Å². The van der Waals surface area contributed by atoms with Gasteiger partial charge in [0.25, 0.3) is 10.0 Å². The van der Waals surface area contributed by atoms with Gasteiger partial charge in [-0.25, -0.2) is 23.6 Å². The Morgan fingerprint density at radius 3 is 2.70 bits per heavy atom. The number of benzene rings is 1. The summed E-state index contributed by atoms with van der Waals surface area (Å²) in [6.07, 6.45) is 1.41. The second kappa shape index (κ2) is 5.43. The van der Waals surface area contributed by atoms with Gasteiger partial charge in [0.15, 0.2) is 5.82 Å². The molecule has 0 atom stereocenters. The molecule has 0 aliphatic carbocycles. The standard InChI is InChI=1S/C12H13FN4O2S/c1-17(10-5-2-4-9(13)8-10)20(18,19)11-6-3-7-15-12(11)16-14/h2-8H,14H2,1H3,(H,15,16). The van der Waals surface area contributed by atoms with Gasteiger partial charge < -0.3 is 5.43 Å². The van der Waals surface area contributed by atoms with Crippen molar-refractivity contribution in [1.29, 1.82) is 0 Å². The second-order valence-electron chi connectivity index (χ2n) is 3.95. The lowest BCUT2D eigenvalue weighted by Gasteiger charge is -2.20. The minimum atomic E-state index is -3.89. The number of nitrogens with two attached hydrogens (primary N) is 1. The Bertz CT molecular complexity index is 721. The van der Waals surface area contributed by atoms with Gasteiger partial charge >= 0.3 is 0 Å². The molecule has 2 aromatic rings. The molecule has 0 fully saturated rings. The van der Waals surface area contributed by atoms with E-state index < -0.39 is 15.8 Å². The Kier molecular flexibility index (Phi) is 3.86. The van der Waals surface area contributed by atoms with Crippen LogP contribution in [-0.4, -0.2) is 20.4 Å². The lowest BCUT2D eigenvalue weighted by molar-refractivity contribution is 0.594. The van der Waals surface area contributed by atoms with E-state index >= 15 is 0 Å². The van der Waals surface area contributed by atoms with Crippen LogP contribution in [0.5, 0.6) is 0 Å². The minimum absolute atomic E-state index is 0.0238. The van der Waals surface area contributed by atoms with Crippen molar-refractivity contribution in [3.05, 3.63) is 48.4 Å². The van der Waals surface area contributed by atoms with Gasteiger partial charge in [-0.1, -0.05) is 6.07 Å². The second-order valence-corrected chi connectivity index (χ2v) is 5.88. The molecule has 1 aromatic heterocycles. The van der Waals surface area contributed by atoms with E-state index in [1.807, 2.05) is 0 Å². The predicted molar refractivity (Wildman–Crippen MR) is 74.0 cm³/mol. The molecule has 8 heteroatoms. The molecule has 6 nitrogen and oxygen atoms in total. The monoisotopic (exact) mass is 296 g/mol. The number of halogens is 1. The van der Waals surface area contributed by atoms with Crippen LogP contribution in [0.4, 0.5) is 15.9 Å². The molecule has 0 spiro atoms. The van der Waals surface area contributed by atoms with E-state index in [0.717, 1.165) is 10.4 Å². The fourth-order valence-electron chi connectivity index (χ4n) is 1.67. The maximum absolute atomic E-state index is 13.2. The zero-order chi connectivity index (χ0) is 14.8. The topological polar surface area (TPSA) is 88.3 Å². The van der Waals surface area contributed by atoms with Crippen molar-refractivity contribution in [2.45, 2.75) is 4.90 Å². The number of aromatic nitrogens is 1. The van der Waals surface area contributed by atoms with Crippen molar-refractivity contribution in [3.63, 3.8) is 0 Å². The van der Waals surface area contributed by atoms with Gasteiger partial charge in [0, 0.05) is 13.2 Å². The molecular weight excluding hydrogens is 283 g/mol. The smallest absolute Gasteiger partial charge is 0.267 e. The molecule has 0 amide bonds. The van der Waals surface area contributed by atoms with E-state index in [2.05, 4.69) is 10.4 Å². The first-order valence-corrected chi connectivity index (χ1v) is 7.07. The van der Waals surface area contributed by atoms with Crippen molar-refractivity contribution >= 4 is 21.5 Å². The summed E-state index contributed by atoms with van der Waals surface area (Å²) in [6.45, 7) is 0. The molecule has 1 aromatic carbocycles. The van der Waals surface area contributed by atoms with Gasteiger partial charge in [0.1, 0.15) is 10.7 Å². The molecule has 20 heavy (non-hydrogen) atoms. The van der Waals surface area contributed by atoms with Crippen LogP contribution in [0.2, 0.25) is 0 Å². The number of nitrogen functional groups attached to an aromatic ring is 1. The Balaban J connectivity index is 2.50. The van der Waals surface area contributed by atoms with E-state index in [9.17, 15) is 12.8 Å². The highest BCUT2D eigenvalue weighted by Gasteiger charge is 2.25. The fraction of sp³-hybridized carbons (Fsp3) is 0.0833. The molecule has 0 radical (unpaired) electrons. The van der Waals surface area contributed by atoms with Crippen LogP contribution >= 0.6 is 0 Å². The van der Waals surface area contributed by atoms with Gasteiger partial charge in [0.05, 0.1) is 5.69 Å². The Morgan fingerprint density at radius 2 is 2.05 bits per heavy atom. The molecule has 0 bridgehead atoms. The van der Waals surface area contributed by atoms with Crippen molar-refractivity contribution in [2.24, 2.45) is 5.84 Å². The summed E-state index contributed by atoms with van der Waals surface area (Å²) in [6, 6.07) is 8.14. The third-order valence-electron chi connectivity index (χ3n) is 2.72. The van der Waals surface area contributed by atoms with Gasteiger partial charge in [-0.2, -0.15) is 0 Å². The maximum Gasteiger partial charge on any atom is 0.267 e. The number of nitrogens with one attached hydrogen (secondary N) is 1. The number of anilines is 2. The molecule has 0 unspecified atom stereocenters. The van der Waals surface area contributed by atoms with Gasteiger partial charge in [-0.15, -0.1) is 0 Å². The van der Waals surface area contributed by atoms with Gasteiger partial charge in [0.2, 0.25) is 0 Å². The Hall–Kier alpha value is -2.19. The zero-order valence-electron chi connectivity index (χ0n) is 10.6. The highest BCUT2D eigenvalue weighted by atomic mass is 32.2. The minimum Gasteiger partial charge on any atom is -0.307 e. The third-order valence-corrected chi connectivity index (χ3v) is 4.53. The molecule has 1 heterocycles. The summed E-state index contributed by atoms with van der Waals surface area (Å²) in [7, 11) is -2.56. The summed E-state index contributed by atoms with van der Waals surface area (Å²) in [5, 5.41) is 0. The summed E-state index contributed by atoms with van der Waals surface area (Å²) < 4.78 is 39.1. The first kappa shape index (κ1) is 14.2. The predicted octanol–water partition coefficient (Wildman–Crippen LogP) is 1.33. The number of nitrogens with zero attached hydrogens (tertiary/aromatic N) is 2. The van der Waals surface area contributed by atoms with E-state index in [4.69, 9.17) is 5.84 Å². The summed E-state index contributed by atoms with van der Waals surface area (Å²) in [5.74, 6) is 4.76. The highest BCUT2D eigenvalue weighted by Crippen LogP contribution is 2.25. The normalized spacial score (nSPS) is 11.2. The van der Waals surface area contributed by atoms with Crippen molar-refractivity contribution in [1.82, 2.24) is 4.98 Å². The number of pyridine rings is 1. The van der Waals surface area contributed by atoms with Crippen LogP contribution in [0.15, 0.2) is 47.5 Å². The molecule has 106 valence electrons. The summed E-state index contributed by atoms with van der Waals surface area (Å²) in [4.78, 5) is 3.75. The van der Waals surface area contributed by atoms with Crippen LogP contribution in [-0.2, 0) is 10.0 Å². The lowest BCUT2D eigenvalue weighted by Crippen LogP contribution is -2.28. The molecule has 0 aliphatic heterocycles. The molecule has 0 saturated carbocycles. The maximum atomic E-state index is 13.2. The van der Waals surface area contributed by atoms with E-state index in [1.165, 1.54) is 43.6 Å². The average molecular weight is 296 g/mol. The van der Waals surface area contributed by atoms with Crippen molar-refractivity contribution in [3.8, 4) is 0 Å². The SMILES string of the molecule is CN(c1cccc(F)c1)S(=O)(=O)c1cccnc1NN. The van der Waals surface area contributed by atoms with Crippen LogP contribution in [0.1, 0.15) is 0 Å². The quantitative estimate of drug-likeness (QED) is 0.656. The first-order valence-electron chi connectivity index (χ1n) is 5.63. The summed E-state index contributed by atoms with van der Waals surface area (Å²) in [5.41, 5.74) is 2.43. The van der Waals surface area contributed by atoms with Crippen molar-refractivity contribution in [2.75, 3.05) is 16.8 Å². The molecule has 0 aliphatic rings. The van der Waals surface area contributed by atoms with Crippen LogP contribution in [0, 0.1) is 5.82 Å². The van der Waals surface area contributed by atoms with Crippen LogP contribution in [0.25, 0.3) is 0 Å². The molecule has 2 rings (SSSR count).